The van der Waals surface area contributed by atoms with E-state index in [-0.39, 0.29) is 11.2 Å². The van der Waals surface area contributed by atoms with Crippen LogP contribution in [0.3, 0.4) is 0 Å². The molecule has 306 valence electrons. The summed E-state index contributed by atoms with van der Waals surface area (Å²) in [4.78, 5) is 4.81. The Morgan fingerprint density at radius 2 is 1.17 bits per heavy atom. The molecule has 2 aromatic heterocycles. The van der Waals surface area contributed by atoms with Crippen molar-refractivity contribution in [3.8, 4) is 50.7 Å². The lowest BCUT2D eigenvalue weighted by atomic mass is 9.86. The number of nitrogens with zero attached hydrogens (tertiary/aromatic N) is 4. The van der Waals surface area contributed by atoms with Crippen LogP contribution in [-0.4, -0.2) is 15.6 Å². The summed E-state index contributed by atoms with van der Waals surface area (Å²) in [6, 6.07) is 71.7. The fourth-order valence-corrected chi connectivity index (χ4v) is 8.98. The smallest absolute Gasteiger partial charge is 0.457 e. The zero-order valence-corrected chi connectivity index (χ0v) is 35.7. The lowest BCUT2D eigenvalue weighted by Gasteiger charge is -2.20. The first-order chi connectivity index (χ1) is 31.3. The average molecular weight is 831 g/mol. The van der Waals surface area contributed by atoms with Crippen molar-refractivity contribution in [1.29, 1.82) is 0 Å². The number of hydrogen-bond donors (Lipinski definition) is 0. The van der Waals surface area contributed by atoms with E-state index in [0.717, 1.165) is 89.3 Å². The summed E-state index contributed by atoms with van der Waals surface area (Å²) >= 11 is 0. The molecule has 11 rings (SSSR count). The van der Waals surface area contributed by atoms with Crippen molar-refractivity contribution in [2.75, 3.05) is 0 Å². The first-order valence-electron chi connectivity index (χ1n) is 21.6. The molecular formula is C58H43FN4O+2. The van der Waals surface area contributed by atoms with Crippen LogP contribution in [0.15, 0.2) is 206 Å². The van der Waals surface area contributed by atoms with Gasteiger partial charge < -0.3 is 4.74 Å². The molecule has 64 heavy (non-hydrogen) atoms. The second kappa shape index (κ2) is 15.6. The normalized spacial score (nSPS) is 12.3. The van der Waals surface area contributed by atoms with Crippen molar-refractivity contribution in [1.82, 2.24) is 18.7 Å². The zero-order valence-electron chi connectivity index (χ0n) is 35.7. The van der Waals surface area contributed by atoms with E-state index in [1.807, 2.05) is 48.7 Å². The molecule has 0 saturated carbocycles. The highest BCUT2D eigenvalue weighted by Gasteiger charge is 2.40. The highest BCUT2D eigenvalue weighted by atomic mass is 19.1. The van der Waals surface area contributed by atoms with Crippen LogP contribution >= 0.6 is 0 Å². The molecule has 1 aliphatic heterocycles. The van der Waals surface area contributed by atoms with Gasteiger partial charge in [0.1, 0.15) is 23.1 Å². The van der Waals surface area contributed by atoms with Gasteiger partial charge in [0.2, 0.25) is 11.4 Å². The average Bonchev–Trinajstić information content (AvgIpc) is 3.88. The third-order valence-electron chi connectivity index (χ3n) is 12.0. The molecule has 0 aliphatic carbocycles. The summed E-state index contributed by atoms with van der Waals surface area (Å²) in [6.07, 6.45) is 1.85. The molecule has 3 heterocycles. The summed E-state index contributed by atoms with van der Waals surface area (Å²) in [5, 5.41) is 1.73. The maximum absolute atomic E-state index is 14.8. The number of rotatable bonds is 8. The van der Waals surface area contributed by atoms with Crippen LogP contribution in [0.4, 0.5) is 27.1 Å². The monoisotopic (exact) mass is 830 g/mol. The number of para-hydroxylation sites is 2. The van der Waals surface area contributed by atoms with Gasteiger partial charge in [-0.15, -0.1) is 0 Å². The molecule has 10 aromatic rings. The molecule has 0 radical (unpaired) electrons. The Hall–Kier alpha value is -8.18. The topological polar surface area (TPSA) is 33.1 Å². The molecular weight excluding hydrogens is 788 g/mol. The Bertz CT molecular complexity index is 3430. The number of pyridine rings is 1. The third kappa shape index (κ3) is 6.87. The second-order valence-corrected chi connectivity index (χ2v) is 17.2. The lowest BCUT2D eigenvalue weighted by Crippen LogP contribution is -2.12. The fourth-order valence-electron chi connectivity index (χ4n) is 8.98. The minimum atomic E-state index is -0.285. The summed E-state index contributed by atoms with van der Waals surface area (Å²) in [5.74, 6) is 1.79. The standard InChI is InChI=1S/C58H43FN4O/c1-58(2,3)41-32-33-60-55(34-41)63-52-31-28-42(59)35-51(52)49-30-29-46(37-54(49)63)64-45-23-13-22-44(36-45)61-38-62(43-20-11-6-12-21-43)57-50(26-15-27-53(57)61)56-47(39-16-7-4-8-17-39)24-14-25-48(56)40-18-9-5-10-19-40/h4-37H,1-3H3/q+2. The van der Waals surface area contributed by atoms with Gasteiger partial charge in [0.15, 0.2) is 0 Å². The van der Waals surface area contributed by atoms with Gasteiger partial charge in [0, 0.05) is 52.9 Å². The van der Waals surface area contributed by atoms with E-state index < -0.39 is 0 Å². The first kappa shape index (κ1) is 38.7. The van der Waals surface area contributed by atoms with Crippen LogP contribution in [0.2, 0.25) is 0 Å². The Labute approximate surface area is 371 Å². The van der Waals surface area contributed by atoms with Gasteiger partial charge in [-0.1, -0.05) is 130 Å². The summed E-state index contributed by atoms with van der Waals surface area (Å²) < 4.78 is 27.9. The maximum atomic E-state index is 14.8. The van der Waals surface area contributed by atoms with Crippen LogP contribution in [-0.2, 0) is 5.41 Å². The van der Waals surface area contributed by atoms with E-state index in [2.05, 4.69) is 186 Å². The quantitative estimate of drug-likeness (QED) is 0.143. The molecule has 0 unspecified atom stereocenters. The molecule has 0 atom stereocenters. The van der Waals surface area contributed by atoms with E-state index in [1.54, 1.807) is 6.07 Å². The van der Waals surface area contributed by atoms with Gasteiger partial charge in [-0.2, -0.15) is 0 Å². The van der Waals surface area contributed by atoms with E-state index in [9.17, 15) is 4.39 Å². The van der Waals surface area contributed by atoms with Crippen molar-refractivity contribution in [3.63, 3.8) is 0 Å². The predicted octanol–water partition coefficient (Wildman–Crippen LogP) is 15.3. The summed E-state index contributed by atoms with van der Waals surface area (Å²) in [5.41, 5.74) is 13.6. The van der Waals surface area contributed by atoms with Crippen LogP contribution in [0.25, 0.3) is 61.0 Å². The van der Waals surface area contributed by atoms with Gasteiger partial charge in [-0.05, 0) is 97.0 Å². The zero-order chi connectivity index (χ0) is 43.4. The van der Waals surface area contributed by atoms with Crippen molar-refractivity contribution in [2.45, 2.75) is 26.2 Å². The highest BCUT2D eigenvalue weighted by Crippen LogP contribution is 2.49. The van der Waals surface area contributed by atoms with E-state index in [4.69, 9.17) is 9.72 Å². The fraction of sp³-hybridized carbons (Fsp3) is 0.0690. The minimum absolute atomic E-state index is 0.0794. The molecule has 0 saturated heterocycles. The molecule has 0 amide bonds. The Kier molecular flexibility index (Phi) is 9.45. The molecule has 0 bridgehead atoms. The number of hydrogen-bond acceptors (Lipinski definition) is 2. The molecule has 0 fully saturated rings. The number of aromatic nitrogens is 2. The summed E-state index contributed by atoms with van der Waals surface area (Å²) in [7, 11) is 0. The lowest BCUT2D eigenvalue weighted by molar-refractivity contribution is 0.483. The van der Waals surface area contributed by atoms with Gasteiger partial charge >= 0.3 is 11.7 Å². The third-order valence-corrected chi connectivity index (χ3v) is 12.0. The maximum Gasteiger partial charge on any atom is 0.503 e. The number of benzene rings is 8. The number of ether oxygens (including phenoxy) is 1. The van der Waals surface area contributed by atoms with Crippen molar-refractivity contribution < 1.29 is 9.13 Å². The van der Waals surface area contributed by atoms with Crippen molar-refractivity contribution in [3.05, 3.63) is 218 Å². The Morgan fingerprint density at radius 3 is 1.89 bits per heavy atom. The van der Waals surface area contributed by atoms with Crippen LogP contribution in [0.5, 0.6) is 11.5 Å². The minimum Gasteiger partial charge on any atom is -0.457 e. The van der Waals surface area contributed by atoms with Crippen molar-refractivity contribution in [2.24, 2.45) is 0 Å². The SMILES string of the molecule is CC(C)(C)c1ccnc(-n2c3ccc(F)cc3c3ccc(Oc4cccc([N+]5=C=[N+](c6ccccc6)c6c(-c7c(-c8ccccc8)cccc7-c7ccccc7)cccc65)c4)cc32)c1. The Balaban J connectivity index is 1.04. The molecule has 5 nitrogen and oxygen atoms in total. The van der Waals surface area contributed by atoms with Crippen LogP contribution in [0.1, 0.15) is 26.3 Å². The van der Waals surface area contributed by atoms with Gasteiger partial charge in [-0.25, -0.2) is 9.37 Å². The molecule has 0 spiro atoms. The van der Waals surface area contributed by atoms with Crippen molar-refractivity contribution >= 4 is 50.6 Å². The number of fused-ring (bicyclic) bond motifs is 4. The number of halogens is 1. The van der Waals surface area contributed by atoms with E-state index >= 15 is 0 Å². The first-order valence-corrected chi connectivity index (χ1v) is 21.6. The molecule has 8 aromatic carbocycles. The molecule has 0 N–H and O–H groups in total. The van der Waals surface area contributed by atoms with E-state index in [0.29, 0.717) is 11.5 Å². The van der Waals surface area contributed by atoms with E-state index in [1.165, 1.54) is 6.07 Å². The summed E-state index contributed by atoms with van der Waals surface area (Å²) in [6.45, 7) is 6.57. The highest BCUT2D eigenvalue weighted by molar-refractivity contribution is 6.09. The van der Waals surface area contributed by atoms with Gasteiger partial charge in [-0.3, -0.25) is 4.57 Å². The van der Waals surface area contributed by atoms with Gasteiger partial charge in [0.25, 0.3) is 5.69 Å². The largest absolute Gasteiger partial charge is 0.503 e. The second-order valence-electron chi connectivity index (χ2n) is 17.2. The van der Waals surface area contributed by atoms with Gasteiger partial charge in [0.05, 0.1) is 22.7 Å². The van der Waals surface area contributed by atoms with Crippen LogP contribution < -0.4 is 13.9 Å². The molecule has 1 aliphatic rings. The predicted molar refractivity (Wildman–Crippen MR) is 261 cm³/mol. The molecule has 6 heteroatoms. The van der Waals surface area contributed by atoms with Crippen LogP contribution in [0, 0.1) is 5.82 Å². The Morgan fingerprint density at radius 1 is 0.531 bits per heavy atom.